The van der Waals surface area contributed by atoms with E-state index in [1.165, 1.54) is 5.56 Å². The Bertz CT molecular complexity index is 511. The molecule has 3 nitrogen and oxygen atoms in total. The number of nitrogens with two attached hydrogens (primary N) is 1. The maximum Gasteiger partial charge on any atom is 0.232 e. The van der Waals surface area contributed by atoms with E-state index in [1.54, 1.807) is 11.8 Å². The third kappa shape index (κ3) is 5.25. The molecule has 23 heavy (non-hydrogen) atoms. The number of likely N-dealkylation sites (tertiary alicyclic amines) is 1. The zero-order valence-corrected chi connectivity index (χ0v) is 15.7. The fraction of sp³-hybridized carbons (Fsp3) is 0.632. The zero-order chi connectivity index (χ0) is 17.0. The van der Waals surface area contributed by atoms with Gasteiger partial charge in [0.2, 0.25) is 5.91 Å². The van der Waals surface area contributed by atoms with Gasteiger partial charge in [-0.05, 0) is 48.8 Å². The van der Waals surface area contributed by atoms with E-state index >= 15 is 0 Å². The average molecular weight is 335 g/mol. The molecule has 2 rings (SSSR count). The Morgan fingerprint density at radius 2 is 1.83 bits per heavy atom. The monoisotopic (exact) mass is 334 g/mol. The molecule has 4 heteroatoms. The highest BCUT2D eigenvalue weighted by Crippen LogP contribution is 2.26. The number of nitrogens with zero attached hydrogens (tertiary/aromatic N) is 1. The van der Waals surface area contributed by atoms with Crippen LogP contribution in [0.15, 0.2) is 29.2 Å². The Morgan fingerprint density at radius 1 is 1.26 bits per heavy atom. The molecule has 0 radical (unpaired) electrons. The van der Waals surface area contributed by atoms with Gasteiger partial charge in [-0.2, -0.15) is 0 Å². The van der Waals surface area contributed by atoms with Crippen molar-refractivity contribution < 1.29 is 4.79 Å². The predicted octanol–water partition coefficient (Wildman–Crippen LogP) is 3.66. The van der Waals surface area contributed by atoms with Gasteiger partial charge in [0.1, 0.15) is 0 Å². The van der Waals surface area contributed by atoms with E-state index < -0.39 is 0 Å². The van der Waals surface area contributed by atoms with E-state index in [2.05, 4.69) is 52.0 Å². The molecular weight excluding hydrogens is 304 g/mol. The second-order valence-electron chi connectivity index (χ2n) is 7.64. The van der Waals surface area contributed by atoms with E-state index in [-0.39, 0.29) is 17.4 Å². The first kappa shape index (κ1) is 18.3. The Kier molecular flexibility index (Phi) is 6.15. The quantitative estimate of drug-likeness (QED) is 0.855. The van der Waals surface area contributed by atoms with Crippen LogP contribution in [0.4, 0.5) is 0 Å². The number of rotatable bonds is 4. The molecule has 128 valence electrons. The summed E-state index contributed by atoms with van der Waals surface area (Å²) in [6.45, 7) is 10.4. The third-order valence-corrected chi connectivity index (χ3v) is 5.72. The first-order chi connectivity index (χ1) is 10.8. The van der Waals surface area contributed by atoms with Crippen molar-refractivity contribution in [3.8, 4) is 0 Å². The third-order valence-electron chi connectivity index (χ3n) is 4.72. The lowest BCUT2D eigenvalue weighted by atomic mass is 9.87. The minimum atomic E-state index is 0.170. The summed E-state index contributed by atoms with van der Waals surface area (Å²) < 4.78 is 0. The molecule has 0 bridgehead atoms. The second-order valence-corrected chi connectivity index (χ2v) is 8.69. The van der Waals surface area contributed by atoms with Gasteiger partial charge in [-0.3, -0.25) is 4.79 Å². The number of amides is 1. The molecule has 0 saturated carbocycles. The van der Waals surface area contributed by atoms with Gasteiger partial charge in [0.05, 0.1) is 5.75 Å². The SMILES string of the molecule is CC(N)C1CCN(C(=O)CSc2ccc(C(C)(C)C)cc2)CC1. The average Bonchev–Trinajstić information content (AvgIpc) is 2.52. The Balaban J connectivity index is 1.81. The van der Waals surface area contributed by atoms with Crippen LogP contribution < -0.4 is 5.73 Å². The maximum absolute atomic E-state index is 12.3. The van der Waals surface area contributed by atoms with Crippen LogP contribution in [0.2, 0.25) is 0 Å². The second kappa shape index (κ2) is 7.71. The van der Waals surface area contributed by atoms with Crippen molar-refractivity contribution >= 4 is 17.7 Å². The van der Waals surface area contributed by atoms with Crippen molar-refractivity contribution in [3.05, 3.63) is 29.8 Å². The van der Waals surface area contributed by atoms with Gasteiger partial charge >= 0.3 is 0 Å². The molecule has 1 aliphatic heterocycles. The molecule has 1 unspecified atom stereocenters. The number of piperidine rings is 1. The van der Waals surface area contributed by atoms with Crippen LogP contribution in [0.5, 0.6) is 0 Å². The Hall–Kier alpha value is -1.00. The molecular formula is C19H30N2OS. The molecule has 1 atom stereocenters. The van der Waals surface area contributed by atoms with Crippen LogP contribution in [0.3, 0.4) is 0 Å². The predicted molar refractivity (Wildman–Crippen MR) is 98.8 cm³/mol. The topological polar surface area (TPSA) is 46.3 Å². The molecule has 1 fully saturated rings. The van der Waals surface area contributed by atoms with Crippen molar-refractivity contribution in [2.75, 3.05) is 18.8 Å². The van der Waals surface area contributed by atoms with Crippen LogP contribution in [0.1, 0.15) is 46.1 Å². The summed E-state index contributed by atoms with van der Waals surface area (Å²) >= 11 is 1.63. The molecule has 0 aromatic heterocycles. The Labute approximate surface area is 145 Å². The molecule has 1 heterocycles. The summed E-state index contributed by atoms with van der Waals surface area (Å²) in [5.41, 5.74) is 7.45. The normalized spacial score (nSPS) is 18.0. The van der Waals surface area contributed by atoms with Gasteiger partial charge in [-0.25, -0.2) is 0 Å². The number of hydrogen-bond donors (Lipinski definition) is 1. The number of carbonyl (C=O) groups is 1. The molecule has 0 spiro atoms. The van der Waals surface area contributed by atoms with E-state index in [9.17, 15) is 4.79 Å². The van der Waals surface area contributed by atoms with Crippen molar-refractivity contribution in [3.63, 3.8) is 0 Å². The molecule has 2 N–H and O–H groups in total. The van der Waals surface area contributed by atoms with E-state index in [4.69, 9.17) is 5.73 Å². The summed E-state index contributed by atoms with van der Waals surface area (Å²) in [7, 11) is 0. The van der Waals surface area contributed by atoms with Crippen molar-refractivity contribution in [2.24, 2.45) is 11.7 Å². The summed E-state index contributed by atoms with van der Waals surface area (Å²) in [5.74, 6) is 1.34. The molecule has 1 saturated heterocycles. The summed E-state index contributed by atoms with van der Waals surface area (Å²) in [5, 5.41) is 0. The van der Waals surface area contributed by atoms with Gasteiger partial charge in [0.15, 0.2) is 0 Å². The number of benzene rings is 1. The Morgan fingerprint density at radius 3 is 2.30 bits per heavy atom. The van der Waals surface area contributed by atoms with E-state index in [0.29, 0.717) is 11.7 Å². The summed E-state index contributed by atoms with van der Waals surface area (Å²) in [6, 6.07) is 8.83. The fourth-order valence-corrected chi connectivity index (χ4v) is 3.76. The van der Waals surface area contributed by atoms with Gasteiger partial charge in [0.25, 0.3) is 0 Å². The van der Waals surface area contributed by atoms with Gasteiger partial charge < -0.3 is 10.6 Å². The number of carbonyl (C=O) groups excluding carboxylic acids is 1. The molecule has 1 aromatic rings. The first-order valence-electron chi connectivity index (χ1n) is 8.54. The number of hydrogen-bond acceptors (Lipinski definition) is 3. The highest BCUT2D eigenvalue weighted by molar-refractivity contribution is 8.00. The summed E-state index contributed by atoms with van der Waals surface area (Å²) in [4.78, 5) is 15.5. The lowest BCUT2D eigenvalue weighted by Gasteiger charge is -2.33. The minimum Gasteiger partial charge on any atom is -0.342 e. The highest BCUT2D eigenvalue weighted by atomic mass is 32.2. The van der Waals surface area contributed by atoms with Gasteiger partial charge in [0, 0.05) is 24.0 Å². The van der Waals surface area contributed by atoms with Crippen molar-refractivity contribution in [2.45, 2.75) is 56.9 Å². The first-order valence-corrected chi connectivity index (χ1v) is 9.52. The standard InChI is InChI=1S/C19H30N2OS/c1-14(20)15-9-11-21(12-10-15)18(22)13-23-17-7-5-16(6-8-17)19(2,3)4/h5-8,14-15H,9-13,20H2,1-4H3. The molecule has 1 aliphatic rings. The van der Waals surface area contributed by atoms with Crippen LogP contribution >= 0.6 is 11.8 Å². The van der Waals surface area contributed by atoms with Gasteiger partial charge in [-0.15, -0.1) is 11.8 Å². The zero-order valence-electron chi connectivity index (χ0n) is 14.8. The lowest BCUT2D eigenvalue weighted by molar-refractivity contribution is -0.129. The minimum absolute atomic E-state index is 0.170. The largest absolute Gasteiger partial charge is 0.342 e. The van der Waals surface area contributed by atoms with Crippen LogP contribution in [0, 0.1) is 5.92 Å². The molecule has 0 aliphatic carbocycles. The smallest absolute Gasteiger partial charge is 0.232 e. The van der Waals surface area contributed by atoms with E-state index in [0.717, 1.165) is 30.8 Å². The molecule has 1 amide bonds. The van der Waals surface area contributed by atoms with Gasteiger partial charge in [-0.1, -0.05) is 32.9 Å². The number of thioether (sulfide) groups is 1. The van der Waals surface area contributed by atoms with Crippen LogP contribution in [0.25, 0.3) is 0 Å². The van der Waals surface area contributed by atoms with Crippen LogP contribution in [-0.4, -0.2) is 35.7 Å². The van der Waals surface area contributed by atoms with E-state index in [1.807, 2.05) is 4.90 Å². The van der Waals surface area contributed by atoms with Crippen molar-refractivity contribution in [1.82, 2.24) is 4.90 Å². The van der Waals surface area contributed by atoms with Crippen LogP contribution in [-0.2, 0) is 10.2 Å². The lowest BCUT2D eigenvalue weighted by Crippen LogP contribution is -2.43. The van der Waals surface area contributed by atoms with Crippen molar-refractivity contribution in [1.29, 1.82) is 0 Å². The summed E-state index contributed by atoms with van der Waals surface area (Å²) in [6.07, 6.45) is 2.07. The maximum atomic E-state index is 12.3. The highest BCUT2D eigenvalue weighted by Gasteiger charge is 2.24. The molecule has 1 aromatic carbocycles. The fourth-order valence-electron chi connectivity index (χ4n) is 2.96.